The van der Waals surface area contributed by atoms with Gasteiger partial charge >= 0.3 is 27.6 Å². The number of carbonyl (C=O) groups is 2. The molecule has 0 aliphatic carbocycles. The van der Waals surface area contributed by atoms with Crippen molar-refractivity contribution in [3.05, 3.63) is 58.9 Å². The number of alkyl halides is 3. The Kier molecular flexibility index (Phi) is 7.96. The quantitative estimate of drug-likeness (QED) is 0.237. The fourth-order valence-electron chi connectivity index (χ4n) is 3.49. The molecule has 0 amide bonds. The minimum absolute atomic E-state index is 0.0619. The molecular formula is C21H24F3NO7S. The zero-order valence-corrected chi connectivity index (χ0v) is 19.2. The lowest BCUT2D eigenvalue weighted by Gasteiger charge is -2.35. The molecule has 1 aromatic rings. The van der Waals surface area contributed by atoms with Gasteiger partial charge in [-0.2, -0.15) is 21.6 Å². The maximum absolute atomic E-state index is 12.9. The standard InChI is InChI=1S/C21H24F3NO7S/c1-5-15(32-33(28,29)21(22,23)24)11-20(2)17(19(27)31-4)16(18(26)30-3)13-25(20)12-14-9-7-6-8-10-14/h6-11H,5,12-13H2,1-4H3/b15-11-. The minimum atomic E-state index is -5.94. The smallest absolute Gasteiger partial charge is 0.466 e. The molecule has 1 aliphatic heterocycles. The van der Waals surface area contributed by atoms with E-state index in [9.17, 15) is 31.2 Å². The Morgan fingerprint density at radius 1 is 1.12 bits per heavy atom. The van der Waals surface area contributed by atoms with Crippen LogP contribution in [0.25, 0.3) is 0 Å². The molecule has 12 heteroatoms. The summed E-state index contributed by atoms with van der Waals surface area (Å²) < 4.78 is 75.8. The van der Waals surface area contributed by atoms with Crippen molar-refractivity contribution in [3.63, 3.8) is 0 Å². The Balaban J connectivity index is 2.67. The molecule has 0 aromatic heterocycles. The number of esters is 2. The third-order valence-corrected chi connectivity index (χ3v) is 6.14. The summed E-state index contributed by atoms with van der Waals surface area (Å²) >= 11 is 0. The van der Waals surface area contributed by atoms with E-state index >= 15 is 0 Å². The number of halogens is 3. The SMILES string of the molecule is CC/C(=C/C1(C)C(C(=O)OC)=C(C(=O)OC)CN1Cc1ccccc1)OS(=O)(=O)C(F)(F)F. The Labute approximate surface area is 189 Å². The number of hydrogen-bond acceptors (Lipinski definition) is 8. The fraction of sp³-hybridized carbons (Fsp3) is 0.429. The fourth-order valence-corrected chi connectivity index (χ4v) is 4.04. The molecule has 2 rings (SSSR count). The third kappa shape index (κ3) is 5.56. The maximum atomic E-state index is 12.9. The largest absolute Gasteiger partial charge is 0.534 e. The van der Waals surface area contributed by atoms with Gasteiger partial charge in [0.15, 0.2) is 0 Å². The second kappa shape index (κ2) is 9.96. The predicted molar refractivity (Wildman–Crippen MR) is 111 cm³/mol. The minimum Gasteiger partial charge on any atom is -0.466 e. The van der Waals surface area contributed by atoms with E-state index in [1.165, 1.54) is 13.8 Å². The van der Waals surface area contributed by atoms with Gasteiger partial charge in [0.1, 0.15) is 5.76 Å². The van der Waals surface area contributed by atoms with Crippen molar-refractivity contribution >= 4 is 22.1 Å². The number of ether oxygens (including phenoxy) is 2. The summed E-state index contributed by atoms with van der Waals surface area (Å²) in [5, 5.41) is 0. The van der Waals surface area contributed by atoms with Crippen LogP contribution in [0.15, 0.2) is 53.3 Å². The van der Waals surface area contributed by atoms with E-state index < -0.39 is 38.9 Å². The molecule has 0 N–H and O–H groups in total. The second-order valence-electron chi connectivity index (χ2n) is 7.27. The maximum Gasteiger partial charge on any atom is 0.534 e. The number of allylic oxidation sites excluding steroid dienone is 1. The Hall–Kier alpha value is -2.86. The highest BCUT2D eigenvalue weighted by atomic mass is 32.2. The molecule has 0 saturated heterocycles. The van der Waals surface area contributed by atoms with Crippen LogP contribution >= 0.6 is 0 Å². The van der Waals surface area contributed by atoms with Crippen molar-refractivity contribution in [3.8, 4) is 0 Å². The molecule has 1 aliphatic rings. The molecule has 0 spiro atoms. The van der Waals surface area contributed by atoms with Gasteiger partial charge in [-0.15, -0.1) is 0 Å². The summed E-state index contributed by atoms with van der Waals surface area (Å²) in [5.74, 6) is -2.30. The third-order valence-electron chi connectivity index (χ3n) is 5.14. The van der Waals surface area contributed by atoms with E-state index in [2.05, 4.69) is 4.18 Å². The first-order valence-corrected chi connectivity index (χ1v) is 11.1. The van der Waals surface area contributed by atoms with Crippen LogP contribution in [0.4, 0.5) is 13.2 Å². The number of methoxy groups -OCH3 is 2. The Bertz CT molecular complexity index is 1070. The zero-order chi connectivity index (χ0) is 25.0. The molecule has 0 fully saturated rings. The highest BCUT2D eigenvalue weighted by molar-refractivity contribution is 7.87. The van der Waals surface area contributed by atoms with Gasteiger partial charge in [0.2, 0.25) is 0 Å². The van der Waals surface area contributed by atoms with Crippen LogP contribution in [0.5, 0.6) is 0 Å². The number of rotatable bonds is 8. The van der Waals surface area contributed by atoms with E-state index in [0.29, 0.717) is 0 Å². The molecular weight excluding hydrogens is 467 g/mol. The molecule has 1 heterocycles. The Morgan fingerprint density at radius 3 is 2.18 bits per heavy atom. The first-order valence-electron chi connectivity index (χ1n) is 9.72. The number of nitrogens with zero attached hydrogens (tertiary/aromatic N) is 1. The summed E-state index contributed by atoms with van der Waals surface area (Å²) in [4.78, 5) is 26.7. The van der Waals surface area contributed by atoms with Crippen molar-refractivity contribution in [1.29, 1.82) is 0 Å². The van der Waals surface area contributed by atoms with Gasteiger partial charge < -0.3 is 13.7 Å². The summed E-state index contributed by atoms with van der Waals surface area (Å²) in [6, 6.07) is 8.89. The number of hydrogen-bond donors (Lipinski definition) is 0. The molecule has 1 aromatic carbocycles. The summed E-state index contributed by atoms with van der Waals surface area (Å²) in [6.07, 6.45) is 0.841. The van der Waals surface area contributed by atoms with Crippen molar-refractivity contribution in [1.82, 2.24) is 4.90 Å². The topological polar surface area (TPSA) is 99.2 Å². The van der Waals surface area contributed by atoms with Gasteiger partial charge in [-0.25, -0.2) is 9.59 Å². The van der Waals surface area contributed by atoms with Crippen LogP contribution in [0.3, 0.4) is 0 Å². The zero-order valence-electron chi connectivity index (χ0n) is 18.4. The van der Waals surface area contributed by atoms with Crippen LogP contribution in [0, 0.1) is 0 Å². The van der Waals surface area contributed by atoms with E-state index in [-0.39, 0.29) is 30.7 Å². The van der Waals surface area contributed by atoms with E-state index in [1.807, 2.05) is 0 Å². The van der Waals surface area contributed by atoms with E-state index in [4.69, 9.17) is 9.47 Å². The van der Waals surface area contributed by atoms with Crippen LogP contribution in [0.2, 0.25) is 0 Å². The van der Waals surface area contributed by atoms with Crippen LogP contribution in [-0.4, -0.2) is 57.1 Å². The van der Waals surface area contributed by atoms with Gasteiger partial charge in [0, 0.05) is 19.5 Å². The summed E-state index contributed by atoms with van der Waals surface area (Å²) in [7, 11) is -3.74. The average molecular weight is 491 g/mol. The first kappa shape index (κ1) is 26.4. The van der Waals surface area contributed by atoms with Crippen molar-refractivity contribution < 1.29 is 44.8 Å². The molecule has 182 valence electrons. The van der Waals surface area contributed by atoms with E-state index in [1.54, 1.807) is 35.2 Å². The highest BCUT2D eigenvalue weighted by Gasteiger charge is 2.51. The van der Waals surface area contributed by atoms with Crippen molar-refractivity contribution in [2.24, 2.45) is 0 Å². The van der Waals surface area contributed by atoms with Gasteiger partial charge in [-0.3, -0.25) is 4.90 Å². The van der Waals surface area contributed by atoms with Gasteiger partial charge in [-0.1, -0.05) is 37.3 Å². The molecule has 1 unspecified atom stereocenters. The molecule has 0 bridgehead atoms. The molecule has 1 atom stereocenters. The van der Waals surface area contributed by atoms with Gasteiger partial charge in [0.25, 0.3) is 0 Å². The summed E-state index contributed by atoms with van der Waals surface area (Å²) in [6.45, 7) is 2.90. The van der Waals surface area contributed by atoms with Crippen molar-refractivity contribution in [2.75, 3.05) is 20.8 Å². The van der Waals surface area contributed by atoms with E-state index in [0.717, 1.165) is 25.9 Å². The van der Waals surface area contributed by atoms with Gasteiger partial charge in [0.05, 0.1) is 30.9 Å². The lowest BCUT2D eigenvalue weighted by molar-refractivity contribution is -0.139. The molecule has 0 saturated carbocycles. The number of benzene rings is 1. The molecule has 33 heavy (non-hydrogen) atoms. The second-order valence-corrected chi connectivity index (χ2v) is 8.81. The Morgan fingerprint density at radius 2 is 1.70 bits per heavy atom. The van der Waals surface area contributed by atoms with Gasteiger partial charge in [-0.05, 0) is 18.6 Å². The van der Waals surface area contributed by atoms with Crippen LogP contribution < -0.4 is 0 Å². The monoisotopic (exact) mass is 491 g/mol. The lowest BCUT2D eigenvalue weighted by atomic mass is 9.89. The van der Waals surface area contributed by atoms with Crippen molar-refractivity contribution in [2.45, 2.75) is 37.9 Å². The molecule has 8 nitrogen and oxygen atoms in total. The summed E-state index contributed by atoms with van der Waals surface area (Å²) in [5.41, 5.74) is -6.67. The average Bonchev–Trinajstić information content (AvgIpc) is 3.03. The number of carbonyl (C=O) groups excluding carboxylic acids is 2. The lowest BCUT2D eigenvalue weighted by Crippen LogP contribution is -2.44. The normalized spacial score (nSPS) is 20.0. The first-order chi connectivity index (χ1) is 15.3. The van der Waals surface area contributed by atoms with Crippen LogP contribution in [-0.2, 0) is 39.9 Å². The predicted octanol–water partition coefficient (Wildman–Crippen LogP) is 3.06. The van der Waals surface area contributed by atoms with Crippen LogP contribution in [0.1, 0.15) is 25.8 Å². The highest BCUT2D eigenvalue weighted by Crippen LogP contribution is 2.40. The molecule has 0 radical (unpaired) electrons.